The van der Waals surface area contributed by atoms with Gasteiger partial charge in [0.25, 0.3) is 0 Å². The second-order valence-electron chi connectivity index (χ2n) is 17.3. The zero-order valence-electron chi connectivity index (χ0n) is 41.5. The van der Waals surface area contributed by atoms with E-state index >= 15 is 0 Å². The number of unbranched alkanes of at least 4 members (excludes halogenated alkanes) is 13. The quantitative estimate of drug-likeness (QED) is 0.00932. The number of rotatable bonds is 41. The van der Waals surface area contributed by atoms with Gasteiger partial charge in [0.1, 0.15) is 43.2 Å². The molecule has 1 aliphatic carbocycles. The van der Waals surface area contributed by atoms with Crippen LogP contribution < -0.4 is 0 Å². The van der Waals surface area contributed by atoms with Crippen molar-refractivity contribution >= 4 is 27.6 Å². The van der Waals surface area contributed by atoms with E-state index in [2.05, 4.69) is 42.7 Å². The molecule has 17 nitrogen and oxygen atoms in total. The molecule has 1 fully saturated rings. The highest BCUT2D eigenvalue weighted by Gasteiger charge is 2.54. The van der Waals surface area contributed by atoms with Gasteiger partial charge in [0.05, 0.1) is 12.7 Å². The number of aliphatic hydroxyl groups excluding tert-OH is 5. The summed E-state index contributed by atoms with van der Waals surface area (Å²) in [6.07, 6.45) is 32.8. The maximum atomic E-state index is 13.0. The lowest BCUT2D eigenvalue weighted by molar-refractivity contribution is -0.216. The second kappa shape index (κ2) is 40.6. The smallest absolute Gasteiger partial charge is 0.462 e. The number of aliphatic hydroxyl groups is 5. The molecule has 1 rings (SSSR count). The van der Waals surface area contributed by atoms with Gasteiger partial charge >= 0.3 is 27.6 Å². The van der Waals surface area contributed by atoms with Crippen molar-refractivity contribution in [1.29, 1.82) is 0 Å². The molecule has 70 heavy (non-hydrogen) atoms. The van der Waals surface area contributed by atoms with Crippen LogP contribution in [0.15, 0.2) is 85.1 Å². The summed E-state index contributed by atoms with van der Waals surface area (Å²) in [5.74, 6) is -1.34. The van der Waals surface area contributed by atoms with Gasteiger partial charge in [-0.25, -0.2) is 9.13 Å². The van der Waals surface area contributed by atoms with Crippen molar-refractivity contribution in [2.75, 3.05) is 13.2 Å². The maximum absolute atomic E-state index is 13.0. The van der Waals surface area contributed by atoms with E-state index in [-0.39, 0.29) is 12.8 Å². The fourth-order valence-electron chi connectivity index (χ4n) is 7.13. The van der Waals surface area contributed by atoms with Gasteiger partial charge in [0.15, 0.2) is 6.10 Å². The van der Waals surface area contributed by atoms with Gasteiger partial charge in [0, 0.05) is 12.8 Å². The Morgan fingerprint density at radius 2 is 1.07 bits per heavy atom. The van der Waals surface area contributed by atoms with Crippen molar-refractivity contribution in [1.82, 2.24) is 0 Å². The first kappa shape index (κ1) is 65.2. The summed E-state index contributed by atoms with van der Waals surface area (Å²) < 4.78 is 49.3. The lowest BCUT2D eigenvalue weighted by Gasteiger charge is -2.43. The number of esters is 2. The van der Waals surface area contributed by atoms with Gasteiger partial charge in [0.2, 0.25) is 0 Å². The molecule has 0 radical (unpaired) electrons. The molecule has 8 N–H and O–H groups in total. The standard InChI is InChI=1S/C51H86O17P2/c1-3-5-7-9-11-12-13-14-15-16-17-18-19-24-27-31-35-39-45(54)66-43(41-65-70(62,63)68-51-48(57)46(55)47(56)50(49(51)58)67-69(59,60)61)40-64-44(53)38-34-30-26-23-21-20-22-25-29-33-37-42(52)36-32-28-10-8-6-4-2/h6,8,14-15,20-21,25-26,28-30,32-33,37,42-43,46-52,55-58H,3-5,7,9-13,16-19,22-24,27,31,34-36,38-41H2,1-2H3,(H,62,63)(H2,59,60,61)/b8-6-,15-14-,21-20-,29-25-,30-26-,32-28-,37-33+/t42?,43-,46?,47?,48?,49?,50-,51+/m1/s1. The summed E-state index contributed by atoms with van der Waals surface area (Å²) in [5.41, 5.74) is 0. The molecule has 0 aromatic heterocycles. The average Bonchev–Trinajstić information content (AvgIpc) is 3.31. The van der Waals surface area contributed by atoms with E-state index in [1.807, 2.05) is 48.6 Å². The van der Waals surface area contributed by atoms with E-state index in [0.29, 0.717) is 32.1 Å². The minimum atomic E-state index is -5.38. The fraction of sp³-hybridized carbons (Fsp3) is 0.686. The lowest BCUT2D eigenvalue weighted by Crippen LogP contribution is -2.64. The van der Waals surface area contributed by atoms with Gasteiger partial charge < -0.3 is 49.7 Å². The Morgan fingerprint density at radius 1 is 0.543 bits per heavy atom. The van der Waals surface area contributed by atoms with Crippen LogP contribution in [0, 0.1) is 0 Å². The molecular formula is C51H86O17P2. The normalized spacial score (nSPS) is 22.1. The third kappa shape index (κ3) is 34.5. The molecule has 0 aromatic rings. The van der Waals surface area contributed by atoms with Gasteiger partial charge in [-0.1, -0.05) is 163 Å². The van der Waals surface area contributed by atoms with Gasteiger partial charge in [-0.3, -0.25) is 23.2 Å². The Bertz CT molecular complexity index is 1690. The van der Waals surface area contributed by atoms with Crippen LogP contribution >= 0.6 is 15.6 Å². The highest BCUT2D eigenvalue weighted by molar-refractivity contribution is 7.47. The molecule has 19 heteroatoms. The summed E-state index contributed by atoms with van der Waals surface area (Å²) >= 11 is 0. The van der Waals surface area contributed by atoms with Gasteiger partial charge in [-0.15, -0.1) is 0 Å². The number of hydrogen-bond acceptors (Lipinski definition) is 14. The molecule has 9 atom stereocenters. The van der Waals surface area contributed by atoms with Gasteiger partial charge in [-0.2, -0.15) is 0 Å². The largest absolute Gasteiger partial charge is 0.472 e. The molecule has 0 aromatic carbocycles. The van der Waals surface area contributed by atoms with Gasteiger partial charge in [-0.05, 0) is 70.6 Å². The van der Waals surface area contributed by atoms with Crippen molar-refractivity contribution in [3.63, 3.8) is 0 Å². The Labute approximate surface area is 416 Å². The molecule has 402 valence electrons. The second-order valence-corrected chi connectivity index (χ2v) is 19.9. The predicted molar refractivity (Wildman–Crippen MR) is 270 cm³/mol. The highest BCUT2D eigenvalue weighted by Crippen LogP contribution is 2.49. The van der Waals surface area contributed by atoms with Crippen LogP contribution in [-0.4, -0.2) is 114 Å². The number of allylic oxidation sites excluding steroid dienone is 12. The van der Waals surface area contributed by atoms with Crippen LogP contribution in [0.4, 0.5) is 0 Å². The molecule has 1 saturated carbocycles. The van der Waals surface area contributed by atoms with E-state index in [9.17, 15) is 58.9 Å². The number of carbonyl (C=O) groups is 2. The van der Waals surface area contributed by atoms with Crippen molar-refractivity contribution in [2.45, 2.75) is 210 Å². The van der Waals surface area contributed by atoms with E-state index in [1.54, 1.807) is 12.2 Å². The van der Waals surface area contributed by atoms with E-state index in [1.165, 1.54) is 38.5 Å². The fourth-order valence-corrected chi connectivity index (χ4v) is 8.67. The number of phosphoric ester groups is 2. The molecule has 1 aliphatic rings. The van der Waals surface area contributed by atoms with Crippen molar-refractivity contribution in [3.8, 4) is 0 Å². The van der Waals surface area contributed by atoms with E-state index < -0.39 is 89.6 Å². The molecular weight excluding hydrogens is 946 g/mol. The first-order valence-electron chi connectivity index (χ1n) is 25.2. The Morgan fingerprint density at radius 3 is 1.69 bits per heavy atom. The van der Waals surface area contributed by atoms with Crippen LogP contribution in [-0.2, 0) is 41.8 Å². The predicted octanol–water partition coefficient (Wildman–Crippen LogP) is 9.15. The Kier molecular flexibility index (Phi) is 37.8. The van der Waals surface area contributed by atoms with Crippen molar-refractivity contribution in [2.24, 2.45) is 0 Å². The minimum Gasteiger partial charge on any atom is -0.462 e. The molecule has 0 spiro atoms. The minimum absolute atomic E-state index is 0.00921. The third-order valence-corrected chi connectivity index (χ3v) is 12.6. The lowest BCUT2D eigenvalue weighted by atomic mass is 9.85. The third-order valence-electron chi connectivity index (χ3n) is 11.0. The van der Waals surface area contributed by atoms with Crippen LogP contribution in [0.1, 0.15) is 162 Å². The summed E-state index contributed by atoms with van der Waals surface area (Å²) in [5, 5.41) is 51.3. The van der Waals surface area contributed by atoms with Crippen molar-refractivity contribution in [3.05, 3.63) is 85.1 Å². The summed E-state index contributed by atoms with van der Waals surface area (Å²) in [6, 6.07) is 0. The molecule has 0 heterocycles. The first-order chi connectivity index (χ1) is 33.5. The molecule has 0 aliphatic heterocycles. The molecule has 0 bridgehead atoms. The zero-order valence-corrected chi connectivity index (χ0v) is 43.3. The summed E-state index contributed by atoms with van der Waals surface area (Å²) in [4.78, 5) is 54.4. The summed E-state index contributed by atoms with van der Waals surface area (Å²) in [7, 11) is -10.7. The zero-order chi connectivity index (χ0) is 51.9. The SMILES string of the molecule is CC/C=C\C/C=C\CC(O)/C=C/C=C\C/C=C\C/C=C\CCC(=O)OC[C@H](COP(=O)(O)O[C@H]1C(O)C(O)C(O)[C@@H](OP(=O)(O)O)C1O)OC(=O)CCCCCCCCC/C=C\CCCCCCCC. The first-order valence-corrected chi connectivity index (χ1v) is 28.3. The number of phosphoric acid groups is 2. The molecule has 0 saturated heterocycles. The topological polar surface area (TPSA) is 276 Å². The van der Waals surface area contributed by atoms with Crippen molar-refractivity contribution < 1.29 is 82.0 Å². The van der Waals surface area contributed by atoms with E-state index in [0.717, 1.165) is 64.2 Å². The Hall–Kier alpha value is -2.86. The van der Waals surface area contributed by atoms with Crippen LogP contribution in [0.25, 0.3) is 0 Å². The average molecular weight is 1030 g/mol. The summed E-state index contributed by atoms with van der Waals surface area (Å²) in [6.45, 7) is 2.86. The van der Waals surface area contributed by atoms with Crippen LogP contribution in [0.5, 0.6) is 0 Å². The highest BCUT2D eigenvalue weighted by atomic mass is 31.2. The van der Waals surface area contributed by atoms with E-state index in [4.69, 9.17) is 18.5 Å². The maximum Gasteiger partial charge on any atom is 0.472 e. The number of carbonyl (C=O) groups excluding carboxylic acids is 2. The molecule has 6 unspecified atom stereocenters. The monoisotopic (exact) mass is 1030 g/mol. The number of hydrogen-bond donors (Lipinski definition) is 8. The Balaban J connectivity index is 2.64. The molecule has 0 amide bonds. The number of ether oxygens (including phenoxy) is 2. The van der Waals surface area contributed by atoms with Crippen LogP contribution in [0.3, 0.4) is 0 Å². The van der Waals surface area contributed by atoms with Crippen LogP contribution in [0.2, 0.25) is 0 Å².